The highest BCUT2D eigenvalue weighted by Gasteiger charge is 2.31. The van der Waals surface area contributed by atoms with Crippen molar-refractivity contribution in [2.45, 2.75) is 45.6 Å². The number of halogens is 1. The van der Waals surface area contributed by atoms with Gasteiger partial charge < -0.3 is 9.64 Å². The van der Waals surface area contributed by atoms with Crippen LogP contribution in [0.25, 0.3) is 16.6 Å². The number of nitrogens with zero attached hydrogens (tertiary/aromatic N) is 3. The van der Waals surface area contributed by atoms with E-state index in [1.807, 2.05) is 25.1 Å². The average molecular weight is 502 g/mol. The Balaban J connectivity index is 1.97. The molecule has 4 aromatic rings. The van der Waals surface area contributed by atoms with E-state index < -0.39 is 17.8 Å². The second kappa shape index (κ2) is 11.8. The lowest BCUT2D eigenvalue weighted by Crippen LogP contribution is -2.39. The fourth-order valence-electron chi connectivity index (χ4n) is 4.68. The van der Waals surface area contributed by atoms with Crippen molar-refractivity contribution < 1.29 is 13.9 Å². The minimum atomic E-state index is -0.578. The Kier molecular flexibility index (Phi) is 8.33. The first-order valence-electron chi connectivity index (χ1n) is 12.7. The fraction of sp³-hybridized carbons (Fsp3) is 0.300. The topological polar surface area (TPSA) is 64.4 Å². The van der Waals surface area contributed by atoms with Crippen LogP contribution in [-0.4, -0.2) is 34.0 Å². The molecule has 0 spiro atoms. The van der Waals surface area contributed by atoms with E-state index in [1.54, 1.807) is 54.5 Å². The molecule has 0 fully saturated rings. The monoisotopic (exact) mass is 501 g/mol. The van der Waals surface area contributed by atoms with Crippen molar-refractivity contribution in [3.63, 3.8) is 0 Å². The fourth-order valence-corrected chi connectivity index (χ4v) is 4.68. The molecule has 0 aliphatic carbocycles. The summed E-state index contributed by atoms with van der Waals surface area (Å²) >= 11 is 0. The van der Waals surface area contributed by atoms with Gasteiger partial charge in [-0.1, -0.05) is 63.1 Å². The molecule has 3 aromatic carbocycles. The Morgan fingerprint density at radius 1 is 1.00 bits per heavy atom. The number of carbonyl (C=O) groups excluding carboxylic acids is 1. The maximum Gasteiger partial charge on any atom is 0.266 e. The van der Waals surface area contributed by atoms with Crippen molar-refractivity contribution in [1.29, 1.82) is 0 Å². The van der Waals surface area contributed by atoms with E-state index in [0.29, 0.717) is 41.1 Å². The number of unbranched alkanes of at least 4 members (excludes halogenated alkanes) is 2. The summed E-state index contributed by atoms with van der Waals surface area (Å²) in [6.45, 7) is 4.44. The molecule has 1 heterocycles. The van der Waals surface area contributed by atoms with Crippen LogP contribution in [0.2, 0.25) is 0 Å². The molecule has 0 radical (unpaired) electrons. The normalized spacial score (nSPS) is 11.9. The average Bonchev–Trinajstić information content (AvgIpc) is 2.93. The molecule has 1 unspecified atom stereocenters. The van der Waals surface area contributed by atoms with Gasteiger partial charge in [0, 0.05) is 6.54 Å². The summed E-state index contributed by atoms with van der Waals surface area (Å²) in [6, 6.07) is 19.8. The zero-order valence-corrected chi connectivity index (χ0v) is 21.5. The standard InChI is InChI=1S/C30H32FN3O3/c1-4-6-13-20-33(29(35)21-14-7-9-16-23(21)31)25(5-2)28-32-24-17-10-8-15-22(24)30(36)34(28)26-18-11-12-19-27(26)37-3/h7-12,14-19,25H,4-6,13,20H2,1-3H3. The molecular weight excluding hydrogens is 469 g/mol. The van der Waals surface area contributed by atoms with E-state index >= 15 is 0 Å². The Bertz CT molecular complexity index is 1450. The second-order valence-corrected chi connectivity index (χ2v) is 8.91. The predicted molar refractivity (Wildman–Crippen MR) is 144 cm³/mol. The smallest absolute Gasteiger partial charge is 0.266 e. The number of rotatable bonds is 10. The van der Waals surface area contributed by atoms with Gasteiger partial charge in [0.1, 0.15) is 17.4 Å². The van der Waals surface area contributed by atoms with Crippen LogP contribution in [0, 0.1) is 5.82 Å². The first-order chi connectivity index (χ1) is 18.0. The molecule has 0 saturated carbocycles. The minimum Gasteiger partial charge on any atom is -0.495 e. The highest BCUT2D eigenvalue weighted by atomic mass is 19.1. The van der Waals surface area contributed by atoms with E-state index in [0.717, 1.165) is 19.3 Å². The number of ether oxygens (including phenoxy) is 1. The van der Waals surface area contributed by atoms with E-state index in [4.69, 9.17) is 9.72 Å². The van der Waals surface area contributed by atoms with Crippen LogP contribution >= 0.6 is 0 Å². The van der Waals surface area contributed by atoms with Crippen LogP contribution < -0.4 is 10.3 Å². The quantitative estimate of drug-likeness (QED) is 0.239. The zero-order valence-electron chi connectivity index (χ0n) is 21.5. The van der Waals surface area contributed by atoms with Gasteiger partial charge in [-0.05, 0) is 49.2 Å². The number of carbonyl (C=O) groups is 1. The number of fused-ring (bicyclic) bond motifs is 1. The summed E-state index contributed by atoms with van der Waals surface area (Å²) < 4.78 is 21.9. The van der Waals surface area contributed by atoms with Gasteiger partial charge in [0.25, 0.3) is 11.5 Å². The molecule has 37 heavy (non-hydrogen) atoms. The van der Waals surface area contributed by atoms with Crippen molar-refractivity contribution in [2.75, 3.05) is 13.7 Å². The molecule has 0 saturated heterocycles. The lowest BCUT2D eigenvalue weighted by Gasteiger charge is -2.33. The number of para-hydroxylation sites is 3. The molecule has 0 bridgehead atoms. The minimum absolute atomic E-state index is 0.00410. The highest BCUT2D eigenvalue weighted by molar-refractivity contribution is 5.94. The largest absolute Gasteiger partial charge is 0.495 e. The summed E-state index contributed by atoms with van der Waals surface area (Å²) in [5.74, 6) is -0.0703. The van der Waals surface area contributed by atoms with Crippen LogP contribution in [0.4, 0.5) is 4.39 Å². The maximum atomic E-state index is 14.7. The van der Waals surface area contributed by atoms with E-state index in [-0.39, 0.29) is 11.1 Å². The van der Waals surface area contributed by atoms with Gasteiger partial charge in [0.15, 0.2) is 0 Å². The molecule has 7 heteroatoms. The van der Waals surface area contributed by atoms with Gasteiger partial charge >= 0.3 is 0 Å². The predicted octanol–water partition coefficient (Wildman–Crippen LogP) is 6.32. The SMILES string of the molecule is CCCCCN(C(=O)c1ccccc1F)C(CC)c1nc2ccccc2c(=O)n1-c1ccccc1OC. The molecule has 0 N–H and O–H groups in total. The van der Waals surface area contributed by atoms with E-state index in [2.05, 4.69) is 6.92 Å². The van der Waals surface area contributed by atoms with Crippen molar-refractivity contribution in [3.8, 4) is 11.4 Å². The third-order valence-corrected chi connectivity index (χ3v) is 6.56. The lowest BCUT2D eigenvalue weighted by molar-refractivity contribution is 0.0650. The number of hydrogen-bond acceptors (Lipinski definition) is 4. The maximum absolute atomic E-state index is 14.7. The molecule has 6 nitrogen and oxygen atoms in total. The molecular formula is C30H32FN3O3. The van der Waals surface area contributed by atoms with Gasteiger partial charge in [-0.3, -0.25) is 14.2 Å². The van der Waals surface area contributed by atoms with Gasteiger partial charge in [-0.15, -0.1) is 0 Å². The Hall–Kier alpha value is -4.00. The number of aromatic nitrogens is 2. The number of amides is 1. The molecule has 1 aromatic heterocycles. The number of benzene rings is 3. The number of hydrogen-bond donors (Lipinski definition) is 0. The highest BCUT2D eigenvalue weighted by Crippen LogP contribution is 2.31. The summed E-state index contributed by atoms with van der Waals surface area (Å²) in [6.07, 6.45) is 3.12. The van der Waals surface area contributed by atoms with Gasteiger partial charge in [0.2, 0.25) is 0 Å². The van der Waals surface area contributed by atoms with Gasteiger partial charge in [-0.25, -0.2) is 9.37 Å². The van der Waals surface area contributed by atoms with Crippen molar-refractivity contribution in [2.24, 2.45) is 0 Å². The van der Waals surface area contributed by atoms with Crippen LogP contribution in [0.3, 0.4) is 0 Å². The van der Waals surface area contributed by atoms with Crippen molar-refractivity contribution in [3.05, 3.63) is 100 Å². The second-order valence-electron chi connectivity index (χ2n) is 8.91. The molecule has 1 atom stereocenters. The van der Waals surface area contributed by atoms with Crippen molar-refractivity contribution in [1.82, 2.24) is 14.5 Å². The Morgan fingerprint density at radius 2 is 1.70 bits per heavy atom. The van der Waals surface area contributed by atoms with Gasteiger partial charge in [0.05, 0.1) is 35.3 Å². The summed E-state index contributed by atoms with van der Waals surface area (Å²) in [4.78, 5) is 34.3. The van der Waals surface area contributed by atoms with Crippen LogP contribution in [0.5, 0.6) is 5.75 Å². The van der Waals surface area contributed by atoms with Crippen LogP contribution in [0.1, 0.15) is 61.8 Å². The zero-order chi connectivity index (χ0) is 26.4. The molecule has 1 amide bonds. The first kappa shape index (κ1) is 26.1. The van der Waals surface area contributed by atoms with Crippen LogP contribution in [-0.2, 0) is 0 Å². The Labute approximate surface area is 216 Å². The van der Waals surface area contributed by atoms with Crippen LogP contribution in [0.15, 0.2) is 77.6 Å². The Morgan fingerprint density at radius 3 is 2.43 bits per heavy atom. The van der Waals surface area contributed by atoms with Crippen molar-refractivity contribution >= 4 is 16.8 Å². The van der Waals surface area contributed by atoms with E-state index in [9.17, 15) is 14.0 Å². The molecule has 0 aliphatic rings. The molecule has 192 valence electrons. The molecule has 4 rings (SSSR count). The summed E-state index contributed by atoms with van der Waals surface area (Å²) in [5, 5.41) is 0.463. The number of methoxy groups -OCH3 is 1. The lowest BCUT2D eigenvalue weighted by atomic mass is 10.1. The summed E-state index contributed by atoms with van der Waals surface area (Å²) in [5.41, 5.74) is 0.826. The molecule has 0 aliphatic heterocycles. The van der Waals surface area contributed by atoms with E-state index in [1.165, 1.54) is 16.7 Å². The first-order valence-corrected chi connectivity index (χ1v) is 12.7. The summed E-state index contributed by atoms with van der Waals surface area (Å²) in [7, 11) is 1.55. The van der Waals surface area contributed by atoms with Gasteiger partial charge in [-0.2, -0.15) is 0 Å². The third-order valence-electron chi connectivity index (χ3n) is 6.56. The third kappa shape index (κ3) is 5.26.